The van der Waals surface area contributed by atoms with Gasteiger partial charge in [-0.3, -0.25) is 0 Å². The zero-order valence-electron chi connectivity index (χ0n) is 37.8. The van der Waals surface area contributed by atoms with Crippen LogP contribution in [0, 0.1) is 0 Å². The molecule has 0 saturated heterocycles. The fourth-order valence-corrected chi connectivity index (χ4v) is 7.92. The summed E-state index contributed by atoms with van der Waals surface area (Å²) in [6, 6.07) is 21.4. The van der Waals surface area contributed by atoms with Crippen LogP contribution >= 0.6 is 11.3 Å². The van der Waals surface area contributed by atoms with E-state index in [0.717, 1.165) is 22.5 Å². The maximum Gasteiger partial charge on any atom is 0.164 e. The minimum Gasteiger partial charge on any atom is -0.308 e. The van der Waals surface area contributed by atoms with E-state index >= 15 is 0 Å². The quantitative estimate of drug-likeness (QED) is 0.188. The molecule has 0 fully saturated rings. The molecule has 4 heterocycles. The Kier molecular flexibility index (Phi) is 3.87. The van der Waals surface area contributed by atoms with Crippen LogP contribution in [0.5, 0.6) is 0 Å². The van der Waals surface area contributed by atoms with Gasteiger partial charge in [0, 0.05) is 58.4 Å². The summed E-state index contributed by atoms with van der Waals surface area (Å²) in [5.41, 5.74) is 2.78. The molecule has 0 bridgehead atoms. The number of benzene rings is 7. The number of thiophene rings is 1. The fraction of sp³-hybridized carbons (Fsp3) is 0. The Morgan fingerprint density at radius 1 is 0.480 bits per heavy atom. The van der Waals surface area contributed by atoms with Crippen molar-refractivity contribution in [3.8, 4) is 45.3 Å². The summed E-state index contributed by atoms with van der Waals surface area (Å²) in [4.78, 5) is 14.5. The van der Waals surface area contributed by atoms with E-state index in [0.29, 0.717) is 33.3 Å². The Balaban J connectivity index is 1.26. The lowest BCUT2D eigenvalue weighted by Crippen LogP contribution is -2.00. The number of para-hydroxylation sites is 1. The van der Waals surface area contributed by atoms with Gasteiger partial charge in [0.1, 0.15) is 0 Å². The first-order chi connectivity index (χ1) is 29.8. The predicted molar refractivity (Wildman–Crippen MR) is 209 cm³/mol. The summed E-state index contributed by atoms with van der Waals surface area (Å²) in [5.74, 6) is 1.21. The molecule has 5 heteroatoms. The third-order valence-corrected chi connectivity index (χ3v) is 10.1. The normalized spacial score (nSPS) is 15.4. The van der Waals surface area contributed by atoms with Crippen LogP contribution in [0.4, 0.5) is 0 Å². The third-order valence-electron chi connectivity index (χ3n) is 9.03. The number of rotatable bonds is 4. The standard InChI is InChI=1S/C45H26N4S/c1-3-12-27(13-4-1)43-46-44(28-14-5-2-6-15-28)48-45(47-43)31-17-11-16-29(24-31)30-22-23-38-34(25-30)35-26-36-32-18-8-10-21-39(32)50-42(36)40-33-19-7-9-20-37(33)49(38)41(35)40/h1-26H/i7D,8D,9D,10D,18D,19D,20D,21D,22D,23D,25D,26D. The van der Waals surface area contributed by atoms with Crippen LogP contribution in [0.1, 0.15) is 16.4 Å². The lowest BCUT2D eigenvalue weighted by molar-refractivity contribution is 1.07. The van der Waals surface area contributed by atoms with Gasteiger partial charge >= 0.3 is 0 Å². The summed E-state index contributed by atoms with van der Waals surface area (Å²) in [5, 5.41) is 0.790. The second kappa shape index (κ2) is 10.5. The number of hydrogen-bond donors (Lipinski definition) is 0. The number of hydrogen-bond acceptors (Lipinski definition) is 4. The molecule has 0 saturated carbocycles. The monoisotopic (exact) mass is 666 g/mol. The van der Waals surface area contributed by atoms with Gasteiger partial charge in [-0.25, -0.2) is 15.0 Å². The summed E-state index contributed by atoms with van der Waals surface area (Å²) < 4.78 is 111. The van der Waals surface area contributed by atoms with E-state index < -0.39 is 30.2 Å². The second-order valence-electron chi connectivity index (χ2n) is 11.9. The van der Waals surface area contributed by atoms with Crippen molar-refractivity contribution in [2.24, 2.45) is 0 Å². The van der Waals surface area contributed by atoms with E-state index in [1.807, 2.05) is 60.7 Å². The number of aromatic nitrogens is 4. The van der Waals surface area contributed by atoms with Crippen LogP contribution < -0.4 is 0 Å². The lowest BCUT2D eigenvalue weighted by Gasteiger charge is -2.10. The van der Waals surface area contributed by atoms with Crippen LogP contribution in [0.3, 0.4) is 0 Å². The topological polar surface area (TPSA) is 43.1 Å². The molecule has 0 aliphatic heterocycles. The molecule has 0 unspecified atom stereocenters. The highest BCUT2D eigenvalue weighted by atomic mass is 32.1. The minimum absolute atomic E-state index is 0.00441. The number of fused-ring (bicyclic) bond motifs is 10. The molecule has 11 aromatic rings. The molecule has 232 valence electrons. The zero-order chi connectivity index (χ0) is 43.2. The Bertz CT molecular complexity index is 3720. The average molecular weight is 667 g/mol. The fourth-order valence-electron chi connectivity index (χ4n) is 6.80. The van der Waals surface area contributed by atoms with Crippen molar-refractivity contribution in [2.45, 2.75) is 0 Å². The summed E-state index contributed by atoms with van der Waals surface area (Å²) in [6.07, 6.45) is 0. The van der Waals surface area contributed by atoms with Crippen LogP contribution in [0.2, 0.25) is 0 Å². The van der Waals surface area contributed by atoms with E-state index in [2.05, 4.69) is 0 Å². The minimum atomic E-state index is -0.531. The predicted octanol–water partition coefficient (Wildman–Crippen LogP) is 12.1. The highest BCUT2D eigenvalue weighted by molar-refractivity contribution is 7.26. The maximum atomic E-state index is 9.89. The van der Waals surface area contributed by atoms with Crippen LogP contribution in [-0.2, 0) is 0 Å². The van der Waals surface area contributed by atoms with Crippen LogP contribution in [0.15, 0.2) is 157 Å². The molecule has 0 spiro atoms. The maximum absolute atomic E-state index is 9.89. The van der Waals surface area contributed by atoms with Crippen molar-refractivity contribution in [1.29, 1.82) is 0 Å². The first-order valence-electron chi connectivity index (χ1n) is 21.8. The molecule has 0 N–H and O–H groups in total. The van der Waals surface area contributed by atoms with E-state index in [1.54, 1.807) is 24.3 Å². The van der Waals surface area contributed by atoms with Gasteiger partial charge in [0.05, 0.1) is 33.0 Å². The summed E-state index contributed by atoms with van der Waals surface area (Å²) in [7, 11) is 0. The first-order valence-corrected chi connectivity index (χ1v) is 16.6. The van der Waals surface area contributed by atoms with Gasteiger partial charge in [0.15, 0.2) is 17.5 Å². The SMILES string of the molecule is [2H]c1c([2H])c([2H])c2c(sc3c2c([2H])c2c4c([2H])c(-c5cccc(-c6nc(-c7ccccc7)nc(-c7ccccc7)n6)c5)c([2H])c([2H])c4n4c5c([2H])c([2H])c([2H])c([2H])c5c3c24)c1[2H]. The van der Waals surface area contributed by atoms with Gasteiger partial charge in [-0.05, 0) is 47.4 Å². The van der Waals surface area contributed by atoms with Gasteiger partial charge in [0.2, 0.25) is 0 Å². The van der Waals surface area contributed by atoms with E-state index in [-0.39, 0.29) is 101 Å². The Morgan fingerprint density at radius 3 is 1.86 bits per heavy atom. The molecule has 4 aromatic heterocycles. The number of nitrogens with zero attached hydrogens (tertiary/aromatic N) is 4. The Labute approximate surface area is 307 Å². The van der Waals surface area contributed by atoms with Crippen LogP contribution in [-0.4, -0.2) is 19.4 Å². The van der Waals surface area contributed by atoms with E-state index in [4.69, 9.17) is 25.9 Å². The van der Waals surface area contributed by atoms with Crippen molar-refractivity contribution in [3.05, 3.63) is 157 Å². The zero-order valence-corrected chi connectivity index (χ0v) is 26.6. The molecule has 0 radical (unpaired) electrons. The lowest BCUT2D eigenvalue weighted by atomic mass is 9.99. The molecule has 0 aliphatic carbocycles. The summed E-state index contributed by atoms with van der Waals surface area (Å²) in [6.45, 7) is 0. The largest absolute Gasteiger partial charge is 0.308 e. The average Bonchev–Trinajstić information content (AvgIpc) is 3.98. The van der Waals surface area contributed by atoms with Crippen molar-refractivity contribution >= 4 is 69.6 Å². The summed E-state index contributed by atoms with van der Waals surface area (Å²) >= 11 is 1.00. The van der Waals surface area contributed by atoms with Gasteiger partial charge < -0.3 is 4.40 Å². The van der Waals surface area contributed by atoms with Crippen molar-refractivity contribution in [2.75, 3.05) is 0 Å². The van der Waals surface area contributed by atoms with Crippen molar-refractivity contribution in [1.82, 2.24) is 19.4 Å². The van der Waals surface area contributed by atoms with E-state index in [9.17, 15) is 5.48 Å². The molecule has 11 rings (SSSR count). The first kappa shape index (κ1) is 18.4. The van der Waals surface area contributed by atoms with Crippen molar-refractivity contribution < 1.29 is 16.4 Å². The van der Waals surface area contributed by atoms with Gasteiger partial charge in [-0.1, -0.05) is 121 Å². The molecule has 0 aliphatic rings. The molecular formula is C45H26N4S. The molecule has 7 aromatic carbocycles. The smallest absolute Gasteiger partial charge is 0.164 e. The molecule has 0 amide bonds. The van der Waals surface area contributed by atoms with Crippen LogP contribution in [0.25, 0.3) is 104 Å². The van der Waals surface area contributed by atoms with E-state index in [1.165, 1.54) is 4.40 Å². The highest BCUT2D eigenvalue weighted by Crippen LogP contribution is 2.48. The Hall–Kier alpha value is -6.43. The van der Waals surface area contributed by atoms with Gasteiger partial charge in [-0.15, -0.1) is 11.3 Å². The van der Waals surface area contributed by atoms with Gasteiger partial charge in [0.25, 0.3) is 0 Å². The van der Waals surface area contributed by atoms with Gasteiger partial charge in [-0.2, -0.15) is 0 Å². The van der Waals surface area contributed by atoms with Crippen molar-refractivity contribution in [3.63, 3.8) is 0 Å². The molecule has 0 atom stereocenters. The molecule has 4 nitrogen and oxygen atoms in total. The Morgan fingerprint density at radius 2 is 1.10 bits per heavy atom. The highest BCUT2D eigenvalue weighted by Gasteiger charge is 2.22. The third kappa shape index (κ3) is 4.01. The molecular weight excluding hydrogens is 629 g/mol. The molecule has 50 heavy (non-hydrogen) atoms. The second-order valence-corrected chi connectivity index (χ2v) is 12.9.